The number of ether oxygens (including phenoxy) is 4. The van der Waals surface area contributed by atoms with E-state index in [1.165, 1.54) is 14.2 Å². The van der Waals surface area contributed by atoms with Crippen molar-refractivity contribution in [3.05, 3.63) is 64.2 Å². The number of methoxy groups -OCH3 is 2. The Bertz CT molecular complexity index is 1070. The van der Waals surface area contributed by atoms with Gasteiger partial charge in [-0.3, -0.25) is 14.4 Å². The van der Waals surface area contributed by atoms with Crippen LogP contribution in [-0.2, 0) is 52.8 Å². The first-order chi connectivity index (χ1) is 15.9. The molecule has 0 amide bonds. The number of carbonyl (C=O) groups is 4. The highest BCUT2D eigenvalue weighted by molar-refractivity contribution is 5.92. The molecule has 0 aliphatic carbocycles. The van der Waals surface area contributed by atoms with Crippen LogP contribution in [0.2, 0.25) is 0 Å². The summed E-state index contributed by atoms with van der Waals surface area (Å²) in [5.74, 6) is -1.57. The quantitative estimate of drug-likeness (QED) is 0.453. The first kappa shape index (κ1) is 23.8. The Morgan fingerprint density at radius 1 is 1.03 bits per heavy atom. The zero-order valence-corrected chi connectivity index (χ0v) is 18.5. The van der Waals surface area contributed by atoms with Crippen molar-refractivity contribution in [3.63, 3.8) is 0 Å². The molecule has 9 heteroatoms. The molecule has 174 valence electrons. The molecular weight excluding hydrogens is 430 g/mol. The molecule has 2 aromatic rings. The molecule has 0 unspecified atom stereocenters. The minimum Gasteiger partial charge on any atom is -0.469 e. The molecule has 0 spiro atoms. The maximum Gasteiger partial charge on any atom is 0.355 e. The normalized spacial score (nSPS) is 14.1. The molecule has 9 nitrogen and oxygen atoms in total. The highest BCUT2D eigenvalue weighted by atomic mass is 16.5. The second-order valence-electron chi connectivity index (χ2n) is 7.35. The van der Waals surface area contributed by atoms with E-state index in [1.54, 1.807) is 6.08 Å². The average molecular weight is 455 g/mol. The van der Waals surface area contributed by atoms with Gasteiger partial charge in [-0.1, -0.05) is 30.3 Å². The van der Waals surface area contributed by atoms with Gasteiger partial charge in [0.2, 0.25) is 0 Å². The van der Waals surface area contributed by atoms with E-state index in [-0.39, 0.29) is 44.0 Å². The third kappa shape index (κ3) is 6.31. The molecule has 3 rings (SSSR count). The van der Waals surface area contributed by atoms with Crippen molar-refractivity contribution < 1.29 is 38.1 Å². The Morgan fingerprint density at radius 2 is 1.76 bits per heavy atom. The number of hydrogen-bond donors (Lipinski definition) is 1. The maximum absolute atomic E-state index is 13.0. The van der Waals surface area contributed by atoms with Crippen molar-refractivity contribution in [2.45, 2.75) is 38.7 Å². The molecule has 1 saturated heterocycles. The van der Waals surface area contributed by atoms with E-state index in [2.05, 4.69) is 4.98 Å². The van der Waals surface area contributed by atoms with E-state index in [9.17, 15) is 19.2 Å². The Labute approximate surface area is 190 Å². The average Bonchev–Trinajstić information content (AvgIpc) is 3.39. The Morgan fingerprint density at radius 3 is 2.39 bits per heavy atom. The fraction of sp³-hybridized carbons (Fsp3) is 0.333. The lowest BCUT2D eigenvalue weighted by Gasteiger charge is -2.08. The number of aromatic amines is 1. The number of allylic oxidation sites excluding steroid dienone is 1. The molecule has 1 aliphatic rings. The van der Waals surface area contributed by atoms with Crippen molar-refractivity contribution in [2.75, 3.05) is 14.2 Å². The van der Waals surface area contributed by atoms with Crippen LogP contribution in [0.4, 0.5) is 0 Å². The van der Waals surface area contributed by atoms with Gasteiger partial charge >= 0.3 is 23.9 Å². The van der Waals surface area contributed by atoms with Crippen LogP contribution in [0, 0.1) is 0 Å². The van der Waals surface area contributed by atoms with E-state index < -0.39 is 17.9 Å². The minimum absolute atomic E-state index is 0.00745. The Balaban J connectivity index is 1.97. The number of hydrogen-bond acceptors (Lipinski definition) is 8. The highest BCUT2D eigenvalue weighted by Gasteiger charge is 2.26. The molecule has 0 atom stereocenters. The van der Waals surface area contributed by atoms with Crippen LogP contribution in [0.1, 0.15) is 52.1 Å². The van der Waals surface area contributed by atoms with Gasteiger partial charge in [-0.25, -0.2) is 4.79 Å². The Hall–Kier alpha value is -3.88. The molecule has 1 aromatic heterocycles. The van der Waals surface area contributed by atoms with Gasteiger partial charge in [0, 0.05) is 24.6 Å². The lowest BCUT2D eigenvalue weighted by molar-refractivity contribution is -0.141. The highest BCUT2D eigenvalue weighted by Crippen LogP contribution is 2.28. The minimum atomic E-state index is -0.641. The van der Waals surface area contributed by atoms with Gasteiger partial charge in [0.05, 0.1) is 27.1 Å². The number of rotatable bonds is 9. The maximum atomic E-state index is 13.0. The van der Waals surface area contributed by atoms with Crippen LogP contribution in [0.3, 0.4) is 0 Å². The van der Waals surface area contributed by atoms with Crippen molar-refractivity contribution >= 4 is 30.0 Å². The first-order valence-corrected chi connectivity index (χ1v) is 10.4. The van der Waals surface area contributed by atoms with Gasteiger partial charge in [-0.2, -0.15) is 0 Å². The van der Waals surface area contributed by atoms with E-state index in [0.717, 1.165) is 5.56 Å². The largest absolute Gasteiger partial charge is 0.469 e. The summed E-state index contributed by atoms with van der Waals surface area (Å²) in [5.41, 5.74) is 2.25. The molecule has 1 aromatic carbocycles. The second-order valence-corrected chi connectivity index (χ2v) is 7.35. The molecule has 1 fully saturated rings. The van der Waals surface area contributed by atoms with Crippen molar-refractivity contribution in [1.29, 1.82) is 0 Å². The zero-order valence-electron chi connectivity index (χ0n) is 18.5. The summed E-state index contributed by atoms with van der Waals surface area (Å²) in [6.07, 6.45) is 2.21. The summed E-state index contributed by atoms with van der Waals surface area (Å²) >= 11 is 0. The van der Waals surface area contributed by atoms with Gasteiger partial charge in [-0.05, 0) is 23.1 Å². The molecule has 1 N–H and O–H groups in total. The third-order valence-electron chi connectivity index (χ3n) is 5.15. The van der Waals surface area contributed by atoms with Gasteiger partial charge < -0.3 is 23.9 Å². The van der Waals surface area contributed by atoms with Crippen LogP contribution >= 0.6 is 0 Å². The number of nitrogens with one attached hydrogen (secondary N) is 1. The van der Waals surface area contributed by atoms with Crippen molar-refractivity contribution in [2.24, 2.45) is 0 Å². The molecular formula is C24H25NO8. The summed E-state index contributed by atoms with van der Waals surface area (Å²) in [7, 11) is 2.53. The molecule has 0 radical (unpaired) electrons. The van der Waals surface area contributed by atoms with Crippen LogP contribution in [0.15, 0.2) is 36.1 Å². The third-order valence-corrected chi connectivity index (χ3v) is 5.15. The molecule has 0 bridgehead atoms. The SMILES string of the molecule is COC(=O)CCc1c(C(=O)OCc2ccccc2)[nH]c(/C=C2/CCC(=O)O2)c1CC(=O)OC. The lowest BCUT2D eigenvalue weighted by atomic mass is 10.00. The second kappa shape index (κ2) is 11.1. The number of carbonyl (C=O) groups excluding carboxylic acids is 4. The summed E-state index contributed by atoms with van der Waals surface area (Å²) in [4.78, 5) is 51.3. The van der Waals surface area contributed by atoms with Gasteiger partial charge in [0.15, 0.2) is 0 Å². The summed E-state index contributed by atoms with van der Waals surface area (Å²) in [5, 5.41) is 0. The van der Waals surface area contributed by atoms with E-state index >= 15 is 0 Å². The fourth-order valence-corrected chi connectivity index (χ4v) is 3.45. The number of H-pyrrole nitrogens is 1. The standard InChI is InChI=1S/C24H25NO8/c1-30-20(26)11-9-17-18(13-22(28)31-2)19(12-16-8-10-21(27)33-16)25-23(17)24(29)32-14-15-6-4-3-5-7-15/h3-7,12,25H,8-11,13-14H2,1-2H3/b16-12-. The first-order valence-electron chi connectivity index (χ1n) is 10.4. The predicted octanol–water partition coefficient (Wildman–Crippen LogP) is 2.87. The summed E-state index contributed by atoms with van der Waals surface area (Å²) < 4.78 is 20.2. The number of esters is 4. The number of benzene rings is 1. The molecule has 1 aliphatic heterocycles. The Kier molecular flexibility index (Phi) is 8.01. The van der Waals surface area contributed by atoms with Gasteiger partial charge in [0.1, 0.15) is 18.1 Å². The topological polar surface area (TPSA) is 121 Å². The van der Waals surface area contributed by atoms with Crippen molar-refractivity contribution in [3.8, 4) is 0 Å². The number of aromatic nitrogens is 1. The number of cyclic esters (lactones) is 1. The van der Waals surface area contributed by atoms with Crippen LogP contribution in [0.25, 0.3) is 6.08 Å². The van der Waals surface area contributed by atoms with Crippen LogP contribution in [-0.4, -0.2) is 43.1 Å². The fourth-order valence-electron chi connectivity index (χ4n) is 3.45. The van der Waals surface area contributed by atoms with Crippen molar-refractivity contribution in [1.82, 2.24) is 4.98 Å². The lowest BCUT2D eigenvalue weighted by Crippen LogP contribution is -2.12. The smallest absolute Gasteiger partial charge is 0.355 e. The van der Waals surface area contributed by atoms with Gasteiger partial charge in [0.25, 0.3) is 0 Å². The monoisotopic (exact) mass is 455 g/mol. The molecule has 0 saturated carbocycles. The van der Waals surface area contributed by atoms with E-state index in [1.807, 2.05) is 30.3 Å². The molecule has 33 heavy (non-hydrogen) atoms. The predicted molar refractivity (Wildman–Crippen MR) is 116 cm³/mol. The summed E-state index contributed by atoms with van der Waals surface area (Å²) in [6, 6.07) is 9.18. The van der Waals surface area contributed by atoms with Crippen LogP contribution < -0.4 is 0 Å². The molecule has 2 heterocycles. The van der Waals surface area contributed by atoms with E-state index in [4.69, 9.17) is 18.9 Å². The van der Waals surface area contributed by atoms with Crippen LogP contribution in [0.5, 0.6) is 0 Å². The van der Waals surface area contributed by atoms with E-state index in [0.29, 0.717) is 29.0 Å². The van der Waals surface area contributed by atoms with Gasteiger partial charge in [-0.15, -0.1) is 0 Å². The zero-order chi connectivity index (χ0) is 23.8. The summed E-state index contributed by atoms with van der Waals surface area (Å²) in [6.45, 7) is 0.0511.